The van der Waals surface area contributed by atoms with Gasteiger partial charge in [-0.1, -0.05) is 60.7 Å². The van der Waals surface area contributed by atoms with E-state index in [4.69, 9.17) is 14.6 Å². The standard InChI is InChI=1S/C27H27N3O3/c1-32-23-13-8-12-22(17-23)26-24(19-30(29-26)18-20-9-4-3-5-10-20)27(31)28-16-15-21-11-6-7-14-25(21)33-2/h3-14,17,19H,15-16,18H2,1-2H3,(H,28,31). The number of hydrogen-bond acceptors (Lipinski definition) is 4. The van der Waals surface area contributed by atoms with E-state index >= 15 is 0 Å². The summed E-state index contributed by atoms with van der Waals surface area (Å²) < 4.78 is 12.6. The van der Waals surface area contributed by atoms with Gasteiger partial charge in [-0.3, -0.25) is 9.48 Å². The van der Waals surface area contributed by atoms with Gasteiger partial charge in [0, 0.05) is 18.3 Å². The summed E-state index contributed by atoms with van der Waals surface area (Å²) in [5.41, 5.74) is 4.14. The number of nitrogens with one attached hydrogen (secondary N) is 1. The van der Waals surface area contributed by atoms with Crippen molar-refractivity contribution >= 4 is 5.91 Å². The van der Waals surface area contributed by atoms with Crippen LogP contribution in [0.15, 0.2) is 85.1 Å². The van der Waals surface area contributed by atoms with E-state index in [2.05, 4.69) is 5.32 Å². The Balaban J connectivity index is 1.57. The summed E-state index contributed by atoms with van der Waals surface area (Å²) in [7, 11) is 3.28. The van der Waals surface area contributed by atoms with E-state index in [0.717, 1.165) is 22.4 Å². The number of carbonyl (C=O) groups is 1. The third-order valence-corrected chi connectivity index (χ3v) is 5.41. The second-order valence-corrected chi connectivity index (χ2v) is 7.62. The van der Waals surface area contributed by atoms with Crippen molar-refractivity contribution in [3.63, 3.8) is 0 Å². The van der Waals surface area contributed by atoms with Crippen LogP contribution in [0.5, 0.6) is 11.5 Å². The van der Waals surface area contributed by atoms with Crippen LogP contribution in [0.2, 0.25) is 0 Å². The first kappa shape index (κ1) is 22.1. The van der Waals surface area contributed by atoms with Crippen molar-refractivity contribution in [2.24, 2.45) is 0 Å². The molecule has 168 valence electrons. The zero-order chi connectivity index (χ0) is 23.0. The number of para-hydroxylation sites is 1. The number of rotatable bonds is 9. The minimum atomic E-state index is -0.165. The highest BCUT2D eigenvalue weighted by Crippen LogP contribution is 2.26. The van der Waals surface area contributed by atoms with Gasteiger partial charge < -0.3 is 14.8 Å². The molecule has 0 unspecified atom stereocenters. The van der Waals surface area contributed by atoms with Gasteiger partial charge in [-0.15, -0.1) is 0 Å². The van der Waals surface area contributed by atoms with Crippen molar-refractivity contribution in [2.75, 3.05) is 20.8 Å². The van der Waals surface area contributed by atoms with Crippen molar-refractivity contribution in [3.8, 4) is 22.8 Å². The van der Waals surface area contributed by atoms with E-state index in [9.17, 15) is 4.79 Å². The number of ether oxygens (including phenoxy) is 2. The summed E-state index contributed by atoms with van der Waals surface area (Å²) in [5, 5.41) is 7.78. The van der Waals surface area contributed by atoms with Crippen molar-refractivity contribution in [2.45, 2.75) is 13.0 Å². The Labute approximate surface area is 193 Å². The maximum absolute atomic E-state index is 13.2. The Morgan fingerprint density at radius 2 is 1.73 bits per heavy atom. The molecule has 0 saturated heterocycles. The molecule has 1 N–H and O–H groups in total. The zero-order valence-corrected chi connectivity index (χ0v) is 18.8. The molecule has 33 heavy (non-hydrogen) atoms. The quantitative estimate of drug-likeness (QED) is 0.413. The fourth-order valence-corrected chi connectivity index (χ4v) is 3.74. The van der Waals surface area contributed by atoms with Crippen molar-refractivity contribution < 1.29 is 14.3 Å². The fraction of sp³-hybridized carbons (Fsp3) is 0.185. The Hall–Kier alpha value is -4.06. The highest BCUT2D eigenvalue weighted by Gasteiger charge is 2.18. The Kier molecular flexibility index (Phi) is 7.05. The monoisotopic (exact) mass is 441 g/mol. The second kappa shape index (κ2) is 10.5. The summed E-state index contributed by atoms with van der Waals surface area (Å²) in [6.45, 7) is 1.06. The van der Waals surface area contributed by atoms with Gasteiger partial charge in [-0.25, -0.2) is 0 Å². The van der Waals surface area contributed by atoms with Crippen LogP contribution in [0.1, 0.15) is 21.5 Å². The molecule has 0 aliphatic rings. The number of methoxy groups -OCH3 is 2. The highest BCUT2D eigenvalue weighted by atomic mass is 16.5. The Bertz CT molecular complexity index is 1220. The van der Waals surface area contributed by atoms with Crippen LogP contribution in [0.4, 0.5) is 0 Å². The van der Waals surface area contributed by atoms with Crippen LogP contribution >= 0.6 is 0 Å². The van der Waals surface area contributed by atoms with Gasteiger partial charge >= 0.3 is 0 Å². The smallest absolute Gasteiger partial charge is 0.255 e. The lowest BCUT2D eigenvalue weighted by molar-refractivity contribution is 0.0954. The molecule has 6 nitrogen and oxygen atoms in total. The molecule has 0 aliphatic heterocycles. The largest absolute Gasteiger partial charge is 0.497 e. The maximum Gasteiger partial charge on any atom is 0.255 e. The third kappa shape index (κ3) is 5.41. The molecule has 0 aliphatic carbocycles. The summed E-state index contributed by atoms with van der Waals surface area (Å²) in [6, 6.07) is 25.5. The van der Waals surface area contributed by atoms with Gasteiger partial charge in [0.05, 0.1) is 26.3 Å². The van der Waals surface area contributed by atoms with E-state index in [1.54, 1.807) is 25.1 Å². The van der Waals surface area contributed by atoms with Gasteiger partial charge in [-0.05, 0) is 35.7 Å². The van der Waals surface area contributed by atoms with Crippen LogP contribution in [0, 0.1) is 0 Å². The number of benzene rings is 3. The first-order valence-corrected chi connectivity index (χ1v) is 10.8. The molecule has 0 spiro atoms. The molecular weight excluding hydrogens is 414 g/mol. The lowest BCUT2D eigenvalue weighted by Crippen LogP contribution is -2.26. The number of amides is 1. The van der Waals surface area contributed by atoms with Crippen LogP contribution < -0.4 is 14.8 Å². The minimum absolute atomic E-state index is 0.165. The van der Waals surface area contributed by atoms with Crippen LogP contribution in [0.25, 0.3) is 11.3 Å². The predicted octanol–water partition coefficient (Wildman–Crippen LogP) is 4.59. The van der Waals surface area contributed by atoms with Crippen LogP contribution in [0.3, 0.4) is 0 Å². The van der Waals surface area contributed by atoms with E-state index in [1.807, 2.05) is 78.9 Å². The predicted molar refractivity (Wildman–Crippen MR) is 129 cm³/mol. The number of aromatic nitrogens is 2. The van der Waals surface area contributed by atoms with Gasteiger partial charge in [0.25, 0.3) is 5.91 Å². The van der Waals surface area contributed by atoms with Crippen molar-refractivity contribution in [1.82, 2.24) is 15.1 Å². The van der Waals surface area contributed by atoms with Gasteiger partial charge in [0.15, 0.2) is 0 Å². The second-order valence-electron chi connectivity index (χ2n) is 7.62. The van der Waals surface area contributed by atoms with Crippen LogP contribution in [-0.2, 0) is 13.0 Å². The maximum atomic E-state index is 13.2. The van der Waals surface area contributed by atoms with Gasteiger partial charge in [-0.2, -0.15) is 5.10 Å². The molecule has 1 amide bonds. The first-order valence-electron chi connectivity index (χ1n) is 10.8. The normalized spacial score (nSPS) is 10.6. The molecule has 3 aromatic carbocycles. The summed E-state index contributed by atoms with van der Waals surface area (Å²) >= 11 is 0. The fourth-order valence-electron chi connectivity index (χ4n) is 3.74. The van der Waals surface area contributed by atoms with E-state index in [0.29, 0.717) is 36.5 Å². The lowest BCUT2D eigenvalue weighted by Gasteiger charge is -2.09. The average molecular weight is 442 g/mol. The van der Waals surface area contributed by atoms with Crippen molar-refractivity contribution in [1.29, 1.82) is 0 Å². The minimum Gasteiger partial charge on any atom is -0.497 e. The Morgan fingerprint density at radius 3 is 2.52 bits per heavy atom. The SMILES string of the molecule is COc1cccc(-c2nn(Cc3ccccc3)cc2C(=O)NCCc2ccccc2OC)c1. The molecule has 1 aromatic heterocycles. The van der Waals surface area contributed by atoms with E-state index in [-0.39, 0.29) is 5.91 Å². The summed E-state index contributed by atoms with van der Waals surface area (Å²) in [6.07, 6.45) is 2.47. The molecule has 0 radical (unpaired) electrons. The number of nitrogens with zero attached hydrogens (tertiary/aromatic N) is 2. The van der Waals surface area contributed by atoms with Gasteiger partial charge in [0.2, 0.25) is 0 Å². The van der Waals surface area contributed by atoms with Crippen molar-refractivity contribution in [3.05, 3.63) is 102 Å². The molecule has 1 heterocycles. The molecule has 6 heteroatoms. The lowest BCUT2D eigenvalue weighted by atomic mass is 10.1. The number of hydrogen-bond donors (Lipinski definition) is 1. The third-order valence-electron chi connectivity index (χ3n) is 5.41. The van der Waals surface area contributed by atoms with E-state index in [1.165, 1.54) is 0 Å². The molecule has 0 fully saturated rings. The first-order chi connectivity index (χ1) is 16.2. The summed E-state index contributed by atoms with van der Waals surface area (Å²) in [5.74, 6) is 1.37. The molecule has 0 bridgehead atoms. The average Bonchev–Trinajstić information content (AvgIpc) is 3.29. The zero-order valence-electron chi connectivity index (χ0n) is 18.8. The summed E-state index contributed by atoms with van der Waals surface area (Å²) in [4.78, 5) is 13.2. The molecule has 4 aromatic rings. The van der Waals surface area contributed by atoms with Gasteiger partial charge in [0.1, 0.15) is 17.2 Å². The highest BCUT2D eigenvalue weighted by molar-refractivity contribution is 5.99. The molecule has 0 atom stereocenters. The number of carbonyl (C=O) groups excluding carboxylic acids is 1. The van der Waals surface area contributed by atoms with Crippen LogP contribution in [-0.4, -0.2) is 36.5 Å². The topological polar surface area (TPSA) is 65.4 Å². The molecule has 4 rings (SSSR count). The van der Waals surface area contributed by atoms with E-state index < -0.39 is 0 Å². The molecular formula is C27H27N3O3. The molecule has 0 saturated carbocycles. The Morgan fingerprint density at radius 1 is 0.939 bits per heavy atom.